The van der Waals surface area contributed by atoms with Crippen LogP contribution in [0.15, 0.2) is 53.1 Å². The van der Waals surface area contributed by atoms with Crippen LogP contribution in [0.2, 0.25) is 0 Å². The Labute approximate surface area is 151 Å². The zero-order valence-electron chi connectivity index (χ0n) is 14.8. The normalized spacial score (nSPS) is 10.5. The van der Waals surface area contributed by atoms with E-state index in [-0.39, 0.29) is 18.3 Å². The fourth-order valence-corrected chi connectivity index (χ4v) is 2.35. The second-order valence-electron chi connectivity index (χ2n) is 5.62. The second-order valence-corrected chi connectivity index (χ2v) is 5.62. The molecule has 1 amide bonds. The molecule has 2 heterocycles. The summed E-state index contributed by atoms with van der Waals surface area (Å²) in [5.41, 5.74) is 0.784. The average Bonchev–Trinajstić information content (AvgIpc) is 3.28. The van der Waals surface area contributed by atoms with E-state index in [0.717, 1.165) is 11.4 Å². The van der Waals surface area contributed by atoms with Crippen molar-refractivity contribution in [3.63, 3.8) is 0 Å². The molecule has 1 aromatic carbocycles. The quantitative estimate of drug-likeness (QED) is 0.672. The van der Waals surface area contributed by atoms with Gasteiger partial charge in [0.2, 0.25) is 0 Å². The van der Waals surface area contributed by atoms with Gasteiger partial charge in [0.15, 0.2) is 5.76 Å². The number of hydrogen-bond donors (Lipinski definition) is 1. The maximum Gasteiger partial charge on any atom is 0.287 e. The molecule has 2 aromatic heterocycles. The van der Waals surface area contributed by atoms with E-state index in [4.69, 9.17) is 13.9 Å². The third-order valence-electron chi connectivity index (χ3n) is 3.60. The van der Waals surface area contributed by atoms with Crippen molar-refractivity contribution in [1.29, 1.82) is 0 Å². The number of nitrogens with one attached hydrogen (secondary N) is 1. The van der Waals surface area contributed by atoms with Crippen molar-refractivity contribution in [1.82, 2.24) is 15.1 Å². The van der Waals surface area contributed by atoms with Crippen molar-refractivity contribution in [3.8, 4) is 11.5 Å². The summed E-state index contributed by atoms with van der Waals surface area (Å²) >= 11 is 0. The van der Waals surface area contributed by atoms with E-state index < -0.39 is 0 Å². The Morgan fingerprint density at radius 1 is 1.12 bits per heavy atom. The number of rotatable bonds is 8. The number of hydrogen-bond acceptors (Lipinski definition) is 5. The van der Waals surface area contributed by atoms with Gasteiger partial charge in [0.1, 0.15) is 23.9 Å². The molecule has 0 aliphatic heterocycles. The zero-order chi connectivity index (χ0) is 18.4. The number of carbonyl (C=O) groups is 1. The number of aromatic nitrogens is 2. The van der Waals surface area contributed by atoms with Gasteiger partial charge in [0, 0.05) is 13.2 Å². The first kappa shape index (κ1) is 17.6. The summed E-state index contributed by atoms with van der Waals surface area (Å²) in [4.78, 5) is 12.1. The summed E-state index contributed by atoms with van der Waals surface area (Å²) in [7, 11) is 1.83. The SMILES string of the molecule is CCOc1ccc(OCc2ccc(C(=O)NCc3ccn(C)n3)o2)cc1. The van der Waals surface area contributed by atoms with Gasteiger partial charge in [-0.25, -0.2) is 0 Å². The fraction of sp³-hybridized carbons (Fsp3) is 0.263. The van der Waals surface area contributed by atoms with Gasteiger partial charge in [-0.15, -0.1) is 0 Å². The Morgan fingerprint density at radius 3 is 2.50 bits per heavy atom. The van der Waals surface area contributed by atoms with Gasteiger partial charge in [0.05, 0.1) is 18.8 Å². The van der Waals surface area contributed by atoms with E-state index >= 15 is 0 Å². The first-order chi connectivity index (χ1) is 12.6. The smallest absolute Gasteiger partial charge is 0.287 e. The van der Waals surface area contributed by atoms with Crippen LogP contribution in [0.5, 0.6) is 11.5 Å². The molecule has 26 heavy (non-hydrogen) atoms. The highest BCUT2D eigenvalue weighted by Crippen LogP contribution is 2.19. The van der Waals surface area contributed by atoms with Gasteiger partial charge >= 0.3 is 0 Å². The van der Waals surface area contributed by atoms with E-state index in [1.54, 1.807) is 16.8 Å². The largest absolute Gasteiger partial charge is 0.494 e. The number of benzene rings is 1. The van der Waals surface area contributed by atoms with E-state index in [0.29, 0.717) is 24.7 Å². The minimum Gasteiger partial charge on any atom is -0.494 e. The lowest BCUT2D eigenvalue weighted by Gasteiger charge is -2.06. The lowest BCUT2D eigenvalue weighted by atomic mass is 10.3. The van der Waals surface area contributed by atoms with Crippen LogP contribution in [0.4, 0.5) is 0 Å². The number of nitrogens with zero attached hydrogens (tertiary/aromatic N) is 2. The lowest BCUT2D eigenvalue weighted by molar-refractivity contribution is 0.0918. The van der Waals surface area contributed by atoms with Gasteiger partial charge in [-0.1, -0.05) is 0 Å². The molecule has 1 N–H and O–H groups in total. The zero-order valence-corrected chi connectivity index (χ0v) is 14.8. The molecule has 0 atom stereocenters. The summed E-state index contributed by atoms with van der Waals surface area (Å²) in [6.45, 7) is 3.14. The van der Waals surface area contributed by atoms with E-state index in [9.17, 15) is 4.79 Å². The molecule has 7 heteroatoms. The van der Waals surface area contributed by atoms with Gasteiger partial charge in [0.25, 0.3) is 5.91 Å². The first-order valence-corrected chi connectivity index (χ1v) is 8.35. The van der Waals surface area contributed by atoms with Gasteiger partial charge < -0.3 is 19.2 Å². The topological polar surface area (TPSA) is 78.5 Å². The summed E-state index contributed by atoms with van der Waals surface area (Å²) < 4.78 is 18.3. The summed E-state index contributed by atoms with van der Waals surface area (Å²) in [6.07, 6.45) is 1.82. The molecule has 3 aromatic rings. The van der Waals surface area contributed by atoms with Crippen LogP contribution in [0.1, 0.15) is 28.9 Å². The number of ether oxygens (including phenoxy) is 2. The third kappa shape index (κ3) is 4.66. The van der Waals surface area contributed by atoms with Crippen molar-refractivity contribution in [2.24, 2.45) is 7.05 Å². The molecule has 0 saturated carbocycles. The van der Waals surface area contributed by atoms with Crippen LogP contribution >= 0.6 is 0 Å². The maximum absolute atomic E-state index is 12.1. The molecule has 3 rings (SSSR count). The Morgan fingerprint density at radius 2 is 1.85 bits per heavy atom. The minimum atomic E-state index is -0.289. The molecule has 0 aliphatic carbocycles. The molecule has 7 nitrogen and oxygen atoms in total. The molecule has 0 radical (unpaired) electrons. The minimum absolute atomic E-state index is 0.238. The van der Waals surface area contributed by atoms with Crippen molar-refractivity contribution >= 4 is 5.91 Å². The predicted octanol–water partition coefficient (Wildman–Crippen LogP) is 2.92. The van der Waals surface area contributed by atoms with Crippen LogP contribution in [-0.4, -0.2) is 22.3 Å². The van der Waals surface area contributed by atoms with E-state index in [2.05, 4.69) is 10.4 Å². The highest BCUT2D eigenvalue weighted by atomic mass is 16.5. The van der Waals surface area contributed by atoms with Crippen molar-refractivity contribution in [3.05, 3.63) is 65.9 Å². The Hall–Kier alpha value is -3.22. The van der Waals surface area contributed by atoms with Crippen molar-refractivity contribution < 1.29 is 18.7 Å². The Bertz CT molecular complexity index is 852. The number of amides is 1. The standard InChI is InChI=1S/C19H21N3O4/c1-3-24-15-4-6-16(7-5-15)25-13-17-8-9-18(26-17)19(23)20-12-14-10-11-22(2)21-14/h4-11H,3,12-13H2,1-2H3,(H,20,23). The number of carbonyl (C=O) groups excluding carboxylic acids is 1. The van der Waals surface area contributed by atoms with Crippen molar-refractivity contribution in [2.75, 3.05) is 6.61 Å². The lowest BCUT2D eigenvalue weighted by Crippen LogP contribution is -2.22. The average molecular weight is 355 g/mol. The van der Waals surface area contributed by atoms with Crippen LogP contribution in [0.25, 0.3) is 0 Å². The van der Waals surface area contributed by atoms with Crippen LogP contribution < -0.4 is 14.8 Å². The Kier molecular flexibility index (Phi) is 5.58. The number of furan rings is 1. The van der Waals surface area contributed by atoms with Crippen molar-refractivity contribution in [2.45, 2.75) is 20.1 Å². The second kappa shape index (κ2) is 8.24. The fourth-order valence-electron chi connectivity index (χ4n) is 2.35. The van der Waals surface area contributed by atoms with Gasteiger partial charge in [-0.3, -0.25) is 9.48 Å². The molecule has 0 fully saturated rings. The molecule has 0 bridgehead atoms. The van der Waals surface area contributed by atoms with Crippen LogP contribution in [-0.2, 0) is 20.2 Å². The molecule has 0 aliphatic rings. The predicted molar refractivity (Wildman–Crippen MR) is 95.0 cm³/mol. The summed E-state index contributed by atoms with van der Waals surface area (Å²) in [6, 6.07) is 12.5. The van der Waals surface area contributed by atoms with Crippen LogP contribution in [0, 0.1) is 0 Å². The number of aryl methyl sites for hydroxylation is 1. The molecule has 0 saturated heterocycles. The van der Waals surface area contributed by atoms with Crippen LogP contribution in [0.3, 0.4) is 0 Å². The molecule has 0 unspecified atom stereocenters. The highest BCUT2D eigenvalue weighted by molar-refractivity contribution is 5.91. The van der Waals surface area contributed by atoms with E-state index in [1.807, 2.05) is 50.5 Å². The molecule has 136 valence electrons. The molecule has 0 spiro atoms. The first-order valence-electron chi connectivity index (χ1n) is 8.35. The monoisotopic (exact) mass is 355 g/mol. The van der Waals surface area contributed by atoms with E-state index in [1.165, 1.54) is 0 Å². The Balaban J connectivity index is 1.49. The molecular formula is C19H21N3O4. The summed E-state index contributed by atoms with van der Waals surface area (Å²) in [5, 5.41) is 6.98. The summed E-state index contributed by atoms with van der Waals surface area (Å²) in [5.74, 6) is 2.02. The highest BCUT2D eigenvalue weighted by Gasteiger charge is 2.12. The third-order valence-corrected chi connectivity index (χ3v) is 3.60. The van der Waals surface area contributed by atoms with Gasteiger partial charge in [-0.2, -0.15) is 5.10 Å². The maximum atomic E-state index is 12.1. The molecular weight excluding hydrogens is 334 g/mol. The van der Waals surface area contributed by atoms with Gasteiger partial charge in [-0.05, 0) is 49.4 Å².